The van der Waals surface area contributed by atoms with Gasteiger partial charge in [-0.2, -0.15) is 0 Å². The Balaban J connectivity index is 1.76. The van der Waals surface area contributed by atoms with Crippen LogP contribution >= 0.6 is 7.14 Å². The quantitative estimate of drug-likeness (QED) is 0.345. The van der Waals surface area contributed by atoms with Gasteiger partial charge in [0, 0.05) is 28.9 Å². The van der Waals surface area contributed by atoms with Crippen molar-refractivity contribution in [3.8, 4) is 0 Å². The van der Waals surface area contributed by atoms with Gasteiger partial charge >= 0.3 is 0 Å². The van der Waals surface area contributed by atoms with E-state index >= 15 is 0 Å². The van der Waals surface area contributed by atoms with Gasteiger partial charge in [0.25, 0.3) is 5.91 Å². The zero-order chi connectivity index (χ0) is 23.8. The largest absolute Gasteiger partial charge is 0.385 e. The topological polar surface area (TPSA) is 58.2 Å². The highest BCUT2D eigenvalue weighted by molar-refractivity contribution is 7.82. The molecule has 4 rings (SSSR count). The predicted octanol–water partition coefficient (Wildman–Crippen LogP) is 5.33. The van der Waals surface area contributed by atoms with Crippen LogP contribution < -0.4 is 21.2 Å². The number of nitrogens with one attached hydrogen (secondary N) is 2. The predicted molar refractivity (Wildman–Crippen MR) is 140 cm³/mol. The molecule has 0 spiro atoms. The first-order valence-electron chi connectivity index (χ1n) is 11.1. The minimum Gasteiger partial charge on any atom is -0.385 e. The summed E-state index contributed by atoms with van der Waals surface area (Å²) < 4.78 is 14.9. The molecule has 0 fully saturated rings. The summed E-state index contributed by atoms with van der Waals surface area (Å²) in [4.78, 5) is 13.2. The van der Waals surface area contributed by atoms with E-state index in [0.717, 1.165) is 11.1 Å². The molecule has 0 unspecified atom stereocenters. The number of aryl methyl sites for hydroxylation is 1. The van der Waals surface area contributed by atoms with E-state index in [9.17, 15) is 9.36 Å². The fourth-order valence-electron chi connectivity index (χ4n) is 3.66. The third-order valence-corrected chi connectivity index (χ3v) is 8.49. The van der Waals surface area contributed by atoms with E-state index < -0.39 is 7.14 Å². The van der Waals surface area contributed by atoms with Crippen molar-refractivity contribution in [2.24, 2.45) is 0 Å². The molecule has 0 aliphatic heterocycles. The van der Waals surface area contributed by atoms with E-state index in [2.05, 4.69) is 10.6 Å². The zero-order valence-corrected chi connectivity index (χ0v) is 19.9. The molecule has 170 valence electrons. The van der Waals surface area contributed by atoms with Gasteiger partial charge in [-0.15, -0.1) is 0 Å². The lowest BCUT2D eigenvalue weighted by Crippen LogP contribution is -2.30. The average Bonchev–Trinajstić information content (AvgIpc) is 2.89. The summed E-state index contributed by atoms with van der Waals surface area (Å²) in [6.45, 7) is 2.51. The molecule has 0 heterocycles. The number of rotatable bonds is 8. The lowest BCUT2D eigenvalue weighted by molar-refractivity contribution is 0.0968. The summed E-state index contributed by atoms with van der Waals surface area (Å²) in [6.07, 6.45) is 1.68. The number of hydrogen-bond acceptors (Lipinski definition) is 3. The molecule has 2 N–H and O–H groups in total. The molecule has 0 saturated heterocycles. The molecule has 4 aromatic rings. The van der Waals surface area contributed by atoms with Crippen LogP contribution in [-0.4, -0.2) is 5.91 Å². The van der Waals surface area contributed by atoms with Crippen molar-refractivity contribution < 1.29 is 9.36 Å². The Hall–Kier alpha value is -3.88. The maximum Gasteiger partial charge on any atom is 0.255 e. The van der Waals surface area contributed by atoms with Crippen molar-refractivity contribution in [3.05, 3.63) is 144 Å². The fourth-order valence-corrected chi connectivity index (χ4v) is 6.23. The van der Waals surface area contributed by atoms with Crippen LogP contribution in [-0.2, 0) is 11.1 Å². The third-order valence-electron chi connectivity index (χ3n) is 5.52. The van der Waals surface area contributed by atoms with Gasteiger partial charge < -0.3 is 15.2 Å². The van der Waals surface area contributed by atoms with Crippen molar-refractivity contribution in [2.45, 2.75) is 13.5 Å². The van der Waals surface area contributed by atoms with Crippen LogP contribution in [0.5, 0.6) is 0 Å². The second-order valence-corrected chi connectivity index (χ2v) is 10.7. The van der Waals surface area contributed by atoms with Crippen LogP contribution in [0.4, 0.5) is 0 Å². The van der Waals surface area contributed by atoms with Crippen LogP contribution in [0, 0.1) is 6.92 Å². The number of hydrogen-bond donors (Lipinski definition) is 2. The minimum absolute atomic E-state index is 0.306. The summed E-state index contributed by atoms with van der Waals surface area (Å²) in [5.74, 6) is -0.306. The van der Waals surface area contributed by atoms with Crippen molar-refractivity contribution in [1.82, 2.24) is 10.6 Å². The molecule has 0 radical (unpaired) electrons. The van der Waals surface area contributed by atoms with Gasteiger partial charge in [0.1, 0.15) is 5.44 Å². The SMILES string of the molecule is Cc1ccc(C(=O)N/C(=C\NCc2ccccc2)P(=O)(c2ccccc2)c2ccccc2)cc1. The standard InChI is InChI=1S/C29H27N2O2P/c1-23-17-19-25(20-18-23)29(32)31-28(22-30-21-24-11-5-2-6-12-24)34(33,26-13-7-3-8-14-26)27-15-9-4-10-16-27/h2-20,22,30H,21H2,1H3,(H,31,32)/b28-22+. The van der Waals surface area contributed by atoms with Crippen molar-refractivity contribution in [2.75, 3.05) is 0 Å². The smallest absolute Gasteiger partial charge is 0.255 e. The minimum atomic E-state index is -3.37. The van der Waals surface area contributed by atoms with Gasteiger partial charge in [-0.3, -0.25) is 4.79 Å². The second kappa shape index (κ2) is 10.8. The number of carbonyl (C=O) groups is 1. The lowest BCUT2D eigenvalue weighted by atomic mass is 10.1. The number of amides is 1. The Morgan fingerprint density at radius 1 is 0.735 bits per heavy atom. The molecule has 4 nitrogen and oxygen atoms in total. The first-order chi connectivity index (χ1) is 16.6. The maximum absolute atomic E-state index is 14.9. The van der Waals surface area contributed by atoms with Crippen LogP contribution in [0.1, 0.15) is 21.5 Å². The highest BCUT2D eigenvalue weighted by atomic mass is 31.2. The molecule has 0 bridgehead atoms. The summed E-state index contributed by atoms with van der Waals surface area (Å²) in [7, 11) is -3.37. The van der Waals surface area contributed by atoms with Crippen LogP contribution in [0.2, 0.25) is 0 Å². The van der Waals surface area contributed by atoms with E-state index in [-0.39, 0.29) is 5.91 Å². The molecule has 0 aromatic heterocycles. The Kier molecular flexibility index (Phi) is 7.41. The second-order valence-electron chi connectivity index (χ2n) is 8.00. The summed E-state index contributed by atoms with van der Waals surface area (Å²) in [5.41, 5.74) is 2.99. The third kappa shape index (κ3) is 5.36. The highest BCUT2D eigenvalue weighted by Gasteiger charge is 2.33. The van der Waals surface area contributed by atoms with Crippen LogP contribution in [0.3, 0.4) is 0 Å². The Labute approximate surface area is 200 Å². The summed E-state index contributed by atoms with van der Waals surface area (Å²) in [6, 6.07) is 35.9. The highest BCUT2D eigenvalue weighted by Crippen LogP contribution is 2.50. The normalized spacial score (nSPS) is 11.6. The van der Waals surface area contributed by atoms with Crippen molar-refractivity contribution in [3.63, 3.8) is 0 Å². The first kappa shape index (κ1) is 23.3. The first-order valence-corrected chi connectivity index (χ1v) is 12.9. The number of benzene rings is 4. The number of carbonyl (C=O) groups excluding carboxylic acids is 1. The van der Waals surface area contributed by atoms with Gasteiger partial charge in [-0.25, -0.2) is 0 Å². The van der Waals surface area contributed by atoms with E-state index in [1.807, 2.05) is 110 Å². The van der Waals surface area contributed by atoms with Crippen molar-refractivity contribution in [1.29, 1.82) is 0 Å². The zero-order valence-electron chi connectivity index (χ0n) is 19.0. The molecular weight excluding hydrogens is 439 g/mol. The molecule has 4 aromatic carbocycles. The molecule has 0 aliphatic rings. The molecule has 1 amide bonds. The van der Waals surface area contributed by atoms with Crippen molar-refractivity contribution >= 4 is 23.7 Å². The van der Waals surface area contributed by atoms with E-state index in [1.54, 1.807) is 18.3 Å². The summed E-state index contributed by atoms with van der Waals surface area (Å²) in [5, 5.41) is 7.54. The van der Waals surface area contributed by atoms with Gasteiger partial charge in [0.05, 0.1) is 0 Å². The van der Waals surface area contributed by atoms with E-state index in [4.69, 9.17) is 0 Å². The Morgan fingerprint density at radius 2 is 1.24 bits per heavy atom. The summed E-state index contributed by atoms with van der Waals surface area (Å²) >= 11 is 0. The van der Waals surface area contributed by atoms with E-state index in [0.29, 0.717) is 28.2 Å². The van der Waals surface area contributed by atoms with Gasteiger partial charge in [0.15, 0.2) is 7.14 Å². The van der Waals surface area contributed by atoms with Gasteiger partial charge in [-0.05, 0) is 24.6 Å². The van der Waals surface area contributed by atoms with E-state index in [1.165, 1.54) is 0 Å². The Bertz CT molecular complexity index is 1260. The molecule has 5 heteroatoms. The molecule has 0 aliphatic carbocycles. The van der Waals surface area contributed by atoms with Gasteiger partial charge in [-0.1, -0.05) is 109 Å². The molecular formula is C29H27N2O2P. The van der Waals surface area contributed by atoms with Crippen LogP contribution in [0.15, 0.2) is 127 Å². The molecule has 0 atom stereocenters. The average molecular weight is 467 g/mol. The fraction of sp³-hybridized carbons (Fsp3) is 0.0690. The monoisotopic (exact) mass is 466 g/mol. The van der Waals surface area contributed by atoms with Crippen LogP contribution in [0.25, 0.3) is 0 Å². The lowest BCUT2D eigenvalue weighted by Gasteiger charge is -2.23. The van der Waals surface area contributed by atoms with Gasteiger partial charge in [0.2, 0.25) is 0 Å². The molecule has 34 heavy (non-hydrogen) atoms. The molecule has 0 saturated carbocycles. The Morgan fingerprint density at radius 3 is 1.76 bits per heavy atom. The maximum atomic E-state index is 14.9.